The van der Waals surface area contributed by atoms with Crippen LogP contribution in [0.3, 0.4) is 0 Å². The molecule has 0 aliphatic heterocycles. The number of carboxylic acids is 1. The Morgan fingerprint density at radius 3 is 2.38 bits per heavy atom. The van der Waals surface area contributed by atoms with E-state index in [0.717, 1.165) is 24.1 Å². The van der Waals surface area contributed by atoms with Crippen LogP contribution < -0.4 is 4.90 Å². The lowest BCUT2D eigenvalue weighted by atomic mass is 9.80. The second kappa shape index (κ2) is 6.74. The van der Waals surface area contributed by atoms with Crippen molar-refractivity contribution in [2.75, 3.05) is 11.4 Å². The Balaban J connectivity index is 2.12. The Bertz CT molecular complexity index is 509. The van der Waals surface area contributed by atoms with Crippen LogP contribution in [-0.2, 0) is 9.59 Å². The molecule has 1 fully saturated rings. The Kier molecular flexibility index (Phi) is 4.99. The molecule has 1 amide bonds. The first-order valence-electron chi connectivity index (χ1n) is 7.63. The van der Waals surface area contributed by atoms with Gasteiger partial charge in [0.2, 0.25) is 5.91 Å². The number of benzene rings is 1. The Morgan fingerprint density at radius 2 is 1.81 bits per heavy atom. The maximum atomic E-state index is 12.7. The third-order valence-corrected chi connectivity index (χ3v) is 4.30. The molecule has 2 unspecified atom stereocenters. The quantitative estimate of drug-likeness (QED) is 0.925. The average molecular weight is 289 g/mol. The van der Waals surface area contributed by atoms with Gasteiger partial charge >= 0.3 is 5.97 Å². The predicted octanol–water partition coefficient (Wildman–Crippen LogP) is 3.24. The molecule has 2 atom stereocenters. The number of aliphatic carboxylic acids is 1. The third kappa shape index (κ3) is 3.63. The highest BCUT2D eigenvalue weighted by atomic mass is 16.4. The van der Waals surface area contributed by atoms with E-state index in [1.165, 1.54) is 0 Å². The summed E-state index contributed by atoms with van der Waals surface area (Å²) in [5.41, 5.74) is 2.05. The third-order valence-electron chi connectivity index (χ3n) is 4.30. The van der Waals surface area contributed by atoms with Crippen molar-refractivity contribution in [3.8, 4) is 0 Å². The maximum Gasteiger partial charge on any atom is 0.306 e. The monoisotopic (exact) mass is 289 g/mol. The smallest absolute Gasteiger partial charge is 0.306 e. The van der Waals surface area contributed by atoms with Crippen LogP contribution in [0.5, 0.6) is 0 Å². The molecule has 0 radical (unpaired) electrons. The van der Waals surface area contributed by atoms with Gasteiger partial charge < -0.3 is 10.0 Å². The zero-order valence-electron chi connectivity index (χ0n) is 12.7. The number of rotatable bonds is 4. The second-order valence-electron chi connectivity index (χ2n) is 5.82. The fourth-order valence-corrected chi connectivity index (χ4v) is 3.05. The molecule has 0 spiro atoms. The summed E-state index contributed by atoms with van der Waals surface area (Å²) in [6.45, 7) is 4.58. The van der Waals surface area contributed by atoms with Crippen LogP contribution in [0.4, 0.5) is 5.69 Å². The summed E-state index contributed by atoms with van der Waals surface area (Å²) >= 11 is 0. The zero-order valence-corrected chi connectivity index (χ0v) is 12.7. The molecule has 1 aromatic carbocycles. The van der Waals surface area contributed by atoms with Gasteiger partial charge in [-0.3, -0.25) is 9.59 Å². The molecule has 0 saturated heterocycles. The number of hydrogen-bond donors (Lipinski definition) is 1. The number of nitrogens with zero attached hydrogens (tertiary/aromatic N) is 1. The highest BCUT2D eigenvalue weighted by Gasteiger charge is 2.33. The van der Waals surface area contributed by atoms with Crippen molar-refractivity contribution in [1.82, 2.24) is 0 Å². The maximum absolute atomic E-state index is 12.7. The number of carbonyl (C=O) groups is 2. The van der Waals surface area contributed by atoms with Gasteiger partial charge in [0.15, 0.2) is 0 Å². The van der Waals surface area contributed by atoms with E-state index >= 15 is 0 Å². The van der Waals surface area contributed by atoms with E-state index in [4.69, 9.17) is 5.11 Å². The lowest BCUT2D eigenvalue weighted by Crippen LogP contribution is -2.39. The van der Waals surface area contributed by atoms with Gasteiger partial charge in [-0.05, 0) is 45.2 Å². The van der Waals surface area contributed by atoms with Gasteiger partial charge in [0, 0.05) is 18.2 Å². The van der Waals surface area contributed by atoms with Gasteiger partial charge in [-0.2, -0.15) is 0 Å². The molecule has 1 N–H and O–H groups in total. The van der Waals surface area contributed by atoms with Gasteiger partial charge in [0.05, 0.1) is 5.92 Å². The molecule has 1 aromatic rings. The van der Waals surface area contributed by atoms with Crippen LogP contribution in [0.25, 0.3) is 0 Å². The lowest BCUT2D eigenvalue weighted by Gasteiger charge is -2.31. The molecule has 0 heterocycles. The average Bonchev–Trinajstić information content (AvgIpc) is 2.50. The number of anilines is 1. The van der Waals surface area contributed by atoms with Crippen molar-refractivity contribution in [2.24, 2.45) is 11.8 Å². The van der Waals surface area contributed by atoms with Crippen molar-refractivity contribution < 1.29 is 14.7 Å². The number of aryl methyl sites for hydroxylation is 1. The Hall–Kier alpha value is -1.84. The standard InChI is InChI=1S/C17H23NO3/c1-3-18(15-9-7-12(2)8-10-15)16(19)13-5-4-6-14(11-13)17(20)21/h7-10,13-14H,3-6,11H2,1-2H3,(H,20,21). The van der Waals surface area contributed by atoms with Crippen molar-refractivity contribution in [1.29, 1.82) is 0 Å². The molecule has 21 heavy (non-hydrogen) atoms. The summed E-state index contributed by atoms with van der Waals surface area (Å²) in [5.74, 6) is -1.25. The summed E-state index contributed by atoms with van der Waals surface area (Å²) < 4.78 is 0. The molecule has 1 aliphatic carbocycles. The van der Waals surface area contributed by atoms with Crippen molar-refractivity contribution in [3.05, 3.63) is 29.8 Å². The van der Waals surface area contributed by atoms with Gasteiger partial charge in [0.1, 0.15) is 0 Å². The Labute approximate surface area is 125 Å². The molecule has 0 bridgehead atoms. The minimum atomic E-state index is -0.772. The molecular formula is C17H23NO3. The number of hydrogen-bond acceptors (Lipinski definition) is 2. The van der Waals surface area contributed by atoms with Crippen LogP contribution in [0.1, 0.15) is 38.2 Å². The largest absolute Gasteiger partial charge is 0.481 e. The minimum Gasteiger partial charge on any atom is -0.481 e. The van der Waals surface area contributed by atoms with Crippen molar-refractivity contribution in [2.45, 2.75) is 39.5 Å². The van der Waals surface area contributed by atoms with E-state index in [1.807, 2.05) is 38.1 Å². The number of amides is 1. The summed E-state index contributed by atoms with van der Waals surface area (Å²) in [6, 6.07) is 7.89. The molecule has 1 aliphatic rings. The molecule has 2 rings (SSSR count). The lowest BCUT2D eigenvalue weighted by molar-refractivity contribution is -0.143. The first kappa shape index (κ1) is 15.5. The van der Waals surface area contributed by atoms with Gasteiger partial charge in [-0.1, -0.05) is 24.1 Å². The number of carboxylic acid groups (broad SMARTS) is 1. The molecule has 114 valence electrons. The topological polar surface area (TPSA) is 57.6 Å². The molecule has 1 saturated carbocycles. The molecule has 4 heteroatoms. The molecule has 0 aromatic heterocycles. The summed E-state index contributed by atoms with van der Waals surface area (Å²) in [6.07, 6.45) is 2.77. The van der Waals surface area contributed by atoms with Gasteiger partial charge in [0.25, 0.3) is 0 Å². The fourth-order valence-electron chi connectivity index (χ4n) is 3.05. The van der Waals surface area contributed by atoms with Crippen LogP contribution in [0.15, 0.2) is 24.3 Å². The van der Waals surface area contributed by atoms with E-state index in [1.54, 1.807) is 4.90 Å². The van der Waals surface area contributed by atoms with Crippen LogP contribution >= 0.6 is 0 Å². The predicted molar refractivity (Wildman–Crippen MR) is 82.3 cm³/mol. The Morgan fingerprint density at radius 1 is 1.19 bits per heavy atom. The van der Waals surface area contributed by atoms with E-state index in [2.05, 4.69) is 0 Å². The summed E-state index contributed by atoms with van der Waals surface area (Å²) in [4.78, 5) is 25.6. The molecular weight excluding hydrogens is 266 g/mol. The van der Waals surface area contributed by atoms with E-state index in [9.17, 15) is 9.59 Å². The SMILES string of the molecule is CCN(C(=O)C1CCCC(C(=O)O)C1)c1ccc(C)cc1. The van der Waals surface area contributed by atoms with Gasteiger partial charge in [-0.15, -0.1) is 0 Å². The minimum absolute atomic E-state index is 0.0623. The van der Waals surface area contributed by atoms with E-state index in [-0.39, 0.29) is 17.7 Å². The highest BCUT2D eigenvalue weighted by molar-refractivity contribution is 5.95. The normalized spacial score (nSPS) is 21.8. The van der Waals surface area contributed by atoms with E-state index < -0.39 is 5.97 Å². The van der Waals surface area contributed by atoms with Crippen LogP contribution in [0.2, 0.25) is 0 Å². The highest BCUT2D eigenvalue weighted by Crippen LogP contribution is 2.31. The summed E-state index contributed by atoms with van der Waals surface area (Å²) in [5, 5.41) is 9.16. The second-order valence-corrected chi connectivity index (χ2v) is 5.82. The van der Waals surface area contributed by atoms with Crippen molar-refractivity contribution in [3.63, 3.8) is 0 Å². The first-order valence-corrected chi connectivity index (χ1v) is 7.63. The van der Waals surface area contributed by atoms with Gasteiger partial charge in [-0.25, -0.2) is 0 Å². The van der Waals surface area contributed by atoms with E-state index in [0.29, 0.717) is 19.4 Å². The zero-order chi connectivity index (χ0) is 15.4. The fraction of sp³-hybridized carbons (Fsp3) is 0.529. The van der Waals surface area contributed by atoms with Crippen molar-refractivity contribution >= 4 is 17.6 Å². The first-order chi connectivity index (χ1) is 10.0. The van der Waals surface area contributed by atoms with Crippen LogP contribution in [0, 0.1) is 18.8 Å². The van der Waals surface area contributed by atoms with Crippen LogP contribution in [-0.4, -0.2) is 23.5 Å². The number of carbonyl (C=O) groups excluding carboxylic acids is 1. The molecule has 4 nitrogen and oxygen atoms in total. The summed E-state index contributed by atoms with van der Waals surface area (Å²) in [7, 11) is 0.